The molecule has 4 heteroatoms. The van der Waals surface area contributed by atoms with E-state index in [4.69, 9.17) is 8.83 Å². The summed E-state index contributed by atoms with van der Waals surface area (Å²) in [6.45, 7) is 0. The Morgan fingerprint density at radius 2 is 2.00 bits per heavy atom. The van der Waals surface area contributed by atoms with Gasteiger partial charge >= 0.3 is 0 Å². The summed E-state index contributed by atoms with van der Waals surface area (Å²) in [7, 11) is 0. The van der Waals surface area contributed by atoms with E-state index in [1.807, 2.05) is 36.4 Å². The maximum absolute atomic E-state index is 11.8. The van der Waals surface area contributed by atoms with Crippen molar-refractivity contribution < 1.29 is 13.6 Å². The van der Waals surface area contributed by atoms with Gasteiger partial charge in [0.05, 0.1) is 6.26 Å². The molecule has 0 spiro atoms. The number of benzene rings is 1. The SMILES string of the molecule is O=C(/C=C/c1ccc(-c2cccc(Br)c2)o1)c1ccco1. The van der Waals surface area contributed by atoms with Crippen molar-refractivity contribution in [1.29, 1.82) is 0 Å². The topological polar surface area (TPSA) is 43.4 Å². The Labute approximate surface area is 130 Å². The van der Waals surface area contributed by atoms with E-state index in [-0.39, 0.29) is 5.78 Å². The zero-order valence-corrected chi connectivity index (χ0v) is 12.5. The Morgan fingerprint density at radius 3 is 2.76 bits per heavy atom. The second-order valence-electron chi connectivity index (χ2n) is 4.39. The van der Waals surface area contributed by atoms with Crippen LogP contribution in [0.4, 0.5) is 0 Å². The highest BCUT2D eigenvalue weighted by atomic mass is 79.9. The molecule has 1 aromatic carbocycles. The van der Waals surface area contributed by atoms with Crippen LogP contribution in [0.15, 0.2) is 74.2 Å². The van der Waals surface area contributed by atoms with E-state index in [1.54, 1.807) is 18.2 Å². The highest BCUT2D eigenvalue weighted by Gasteiger charge is 2.06. The number of carbonyl (C=O) groups is 1. The standard InChI is InChI=1S/C17H11BrO3/c18-13-4-1-3-12(11-13)16-9-7-14(21-16)6-8-15(19)17-5-2-10-20-17/h1-11H/b8-6+. The van der Waals surface area contributed by atoms with Crippen molar-refractivity contribution >= 4 is 27.8 Å². The predicted octanol–water partition coefficient (Wildman–Crippen LogP) is 5.20. The average Bonchev–Trinajstić information content (AvgIpc) is 3.16. The van der Waals surface area contributed by atoms with Gasteiger partial charge < -0.3 is 8.83 Å². The molecule has 3 aromatic rings. The van der Waals surface area contributed by atoms with E-state index >= 15 is 0 Å². The van der Waals surface area contributed by atoms with Gasteiger partial charge in [-0.25, -0.2) is 0 Å². The van der Waals surface area contributed by atoms with Gasteiger partial charge in [-0.2, -0.15) is 0 Å². The van der Waals surface area contributed by atoms with E-state index in [1.165, 1.54) is 12.3 Å². The van der Waals surface area contributed by atoms with E-state index in [9.17, 15) is 4.79 Å². The molecule has 0 bridgehead atoms. The van der Waals surface area contributed by atoms with Crippen LogP contribution in [-0.4, -0.2) is 5.78 Å². The molecule has 0 fully saturated rings. The minimum Gasteiger partial charge on any atom is -0.461 e. The Kier molecular flexibility index (Phi) is 3.88. The molecule has 2 aromatic heterocycles. The van der Waals surface area contributed by atoms with Crippen LogP contribution in [-0.2, 0) is 0 Å². The molecule has 0 saturated carbocycles. The largest absolute Gasteiger partial charge is 0.461 e. The molecule has 0 unspecified atom stereocenters. The third kappa shape index (κ3) is 3.23. The highest BCUT2D eigenvalue weighted by molar-refractivity contribution is 9.10. The normalized spacial score (nSPS) is 11.1. The van der Waals surface area contributed by atoms with Crippen LogP contribution in [0, 0.1) is 0 Å². The number of carbonyl (C=O) groups excluding carboxylic acids is 1. The summed E-state index contributed by atoms with van der Waals surface area (Å²) in [6.07, 6.45) is 4.54. The molecule has 21 heavy (non-hydrogen) atoms. The van der Waals surface area contributed by atoms with Gasteiger partial charge in [0.2, 0.25) is 5.78 Å². The average molecular weight is 343 g/mol. The van der Waals surface area contributed by atoms with Crippen molar-refractivity contribution in [3.05, 3.63) is 76.9 Å². The Balaban J connectivity index is 1.78. The zero-order valence-electron chi connectivity index (χ0n) is 11.0. The third-order valence-corrected chi connectivity index (χ3v) is 3.39. The fraction of sp³-hybridized carbons (Fsp3) is 0. The summed E-state index contributed by atoms with van der Waals surface area (Å²) in [5.74, 6) is 1.48. The predicted molar refractivity (Wildman–Crippen MR) is 83.9 cm³/mol. The Morgan fingerprint density at radius 1 is 1.10 bits per heavy atom. The van der Waals surface area contributed by atoms with Crippen molar-refractivity contribution in [3.63, 3.8) is 0 Å². The number of hydrogen-bond donors (Lipinski definition) is 0. The van der Waals surface area contributed by atoms with E-state index < -0.39 is 0 Å². The first kappa shape index (κ1) is 13.6. The molecule has 3 nitrogen and oxygen atoms in total. The second kappa shape index (κ2) is 5.97. The van der Waals surface area contributed by atoms with Crippen LogP contribution in [0.2, 0.25) is 0 Å². The smallest absolute Gasteiger partial charge is 0.221 e. The molecule has 3 rings (SSSR count). The van der Waals surface area contributed by atoms with Gasteiger partial charge in [-0.15, -0.1) is 0 Å². The molecule has 0 aliphatic heterocycles. The fourth-order valence-electron chi connectivity index (χ4n) is 1.90. The van der Waals surface area contributed by atoms with Crippen LogP contribution < -0.4 is 0 Å². The van der Waals surface area contributed by atoms with E-state index in [0.29, 0.717) is 11.5 Å². The van der Waals surface area contributed by atoms with Crippen molar-refractivity contribution in [3.8, 4) is 11.3 Å². The maximum Gasteiger partial charge on any atom is 0.221 e. The molecule has 0 amide bonds. The van der Waals surface area contributed by atoms with Gasteiger partial charge in [-0.05, 0) is 48.6 Å². The molecule has 0 aliphatic carbocycles. The monoisotopic (exact) mass is 342 g/mol. The van der Waals surface area contributed by atoms with Crippen molar-refractivity contribution in [2.24, 2.45) is 0 Å². The summed E-state index contributed by atoms with van der Waals surface area (Å²) >= 11 is 3.43. The number of furan rings is 2. The third-order valence-electron chi connectivity index (χ3n) is 2.90. The second-order valence-corrected chi connectivity index (χ2v) is 5.30. The lowest BCUT2D eigenvalue weighted by atomic mass is 10.2. The Hall–Kier alpha value is -2.33. The number of hydrogen-bond acceptors (Lipinski definition) is 3. The fourth-order valence-corrected chi connectivity index (χ4v) is 2.30. The Bertz CT molecular complexity index is 782. The minimum atomic E-state index is -0.194. The lowest BCUT2D eigenvalue weighted by molar-refractivity contribution is 0.102. The molecule has 0 saturated heterocycles. The van der Waals surface area contributed by atoms with Crippen LogP contribution in [0.25, 0.3) is 17.4 Å². The molecule has 0 N–H and O–H groups in total. The molecular weight excluding hydrogens is 332 g/mol. The van der Waals surface area contributed by atoms with Gasteiger partial charge in [-0.1, -0.05) is 28.1 Å². The summed E-state index contributed by atoms with van der Waals surface area (Å²) in [5.41, 5.74) is 0.974. The number of allylic oxidation sites excluding steroid dienone is 1. The van der Waals surface area contributed by atoms with Crippen LogP contribution in [0.5, 0.6) is 0 Å². The van der Waals surface area contributed by atoms with Crippen LogP contribution in [0.3, 0.4) is 0 Å². The van der Waals surface area contributed by atoms with Gasteiger partial charge in [0.15, 0.2) is 5.76 Å². The van der Waals surface area contributed by atoms with E-state index in [2.05, 4.69) is 15.9 Å². The molecule has 0 radical (unpaired) electrons. The van der Waals surface area contributed by atoms with Gasteiger partial charge in [-0.3, -0.25) is 4.79 Å². The van der Waals surface area contributed by atoms with Crippen molar-refractivity contribution in [2.45, 2.75) is 0 Å². The van der Waals surface area contributed by atoms with Crippen LogP contribution >= 0.6 is 15.9 Å². The molecule has 2 heterocycles. The number of halogens is 1. The summed E-state index contributed by atoms with van der Waals surface area (Å²) in [4.78, 5) is 11.8. The minimum absolute atomic E-state index is 0.194. The van der Waals surface area contributed by atoms with Gasteiger partial charge in [0.25, 0.3) is 0 Å². The number of rotatable bonds is 4. The summed E-state index contributed by atoms with van der Waals surface area (Å²) in [5, 5.41) is 0. The maximum atomic E-state index is 11.8. The number of ketones is 1. The summed E-state index contributed by atoms with van der Waals surface area (Å²) in [6, 6.07) is 14.8. The molecule has 0 aliphatic rings. The summed E-state index contributed by atoms with van der Waals surface area (Å²) < 4.78 is 11.7. The van der Waals surface area contributed by atoms with Crippen LogP contribution in [0.1, 0.15) is 16.3 Å². The molecule has 0 atom stereocenters. The first-order valence-corrected chi connectivity index (χ1v) is 7.13. The molecular formula is C17H11BrO3. The first-order chi connectivity index (χ1) is 10.2. The highest BCUT2D eigenvalue weighted by Crippen LogP contribution is 2.25. The van der Waals surface area contributed by atoms with Gasteiger partial charge in [0.1, 0.15) is 11.5 Å². The van der Waals surface area contributed by atoms with Crippen molar-refractivity contribution in [1.82, 2.24) is 0 Å². The first-order valence-electron chi connectivity index (χ1n) is 6.34. The lowest BCUT2D eigenvalue weighted by Gasteiger charge is -1.97. The van der Waals surface area contributed by atoms with Crippen molar-refractivity contribution in [2.75, 3.05) is 0 Å². The zero-order chi connectivity index (χ0) is 14.7. The molecule has 104 valence electrons. The van der Waals surface area contributed by atoms with Gasteiger partial charge in [0, 0.05) is 10.0 Å². The van der Waals surface area contributed by atoms with E-state index in [0.717, 1.165) is 15.8 Å². The lowest BCUT2D eigenvalue weighted by Crippen LogP contribution is -1.89. The quantitative estimate of drug-likeness (QED) is 0.483.